The zero-order valence-electron chi connectivity index (χ0n) is 9.52. The maximum atomic E-state index is 11.6. The molecular formula is C11H18N2O2. The fraction of sp³-hybridized carbons (Fsp3) is 0.545. The van der Waals surface area contributed by atoms with Gasteiger partial charge in [0.25, 0.3) is 0 Å². The van der Waals surface area contributed by atoms with E-state index in [0.717, 1.165) is 24.0 Å². The fourth-order valence-corrected chi connectivity index (χ4v) is 1.30. The minimum absolute atomic E-state index is 0.319. The maximum Gasteiger partial charge on any atom is 0.355 e. The van der Waals surface area contributed by atoms with Gasteiger partial charge in [-0.3, -0.25) is 0 Å². The van der Waals surface area contributed by atoms with Gasteiger partial charge in [0.1, 0.15) is 11.5 Å². The number of nitrogens with one attached hydrogen (secondary N) is 1. The second-order valence-corrected chi connectivity index (χ2v) is 3.65. The molecule has 0 radical (unpaired) electrons. The first-order valence-corrected chi connectivity index (χ1v) is 5.19. The maximum absolute atomic E-state index is 11.6. The van der Waals surface area contributed by atoms with Crippen LogP contribution in [0.1, 0.15) is 41.4 Å². The number of nitrogen functional groups attached to an aromatic ring is 1. The van der Waals surface area contributed by atoms with Gasteiger partial charge in [0, 0.05) is 0 Å². The van der Waals surface area contributed by atoms with Crippen LogP contribution in [0, 0.1) is 13.8 Å². The monoisotopic (exact) mass is 210 g/mol. The Morgan fingerprint density at radius 2 is 2.07 bits per heavy atom. The van der Waals surface area contributed by atoms with Crippen LogP contribution in [-0.4, -0.2) is 17.6 Å². The van der Waals surface area contributed by atoms with Gasteiger partial charge >= 0.3 is 5.97 Å². The second kappa shape index (κ2) is 4.87. The van der Waals surface area contributed by atoms with Crippen molar-refractivity contribution < 1.29 is 9.53 Å². The molecule has 15 heavy (non-hydrogen) atoms. The highest BCUT2D eigenvalue weighted by Gasteiger charge is 2.16. The van der Waals surface area contributed by atoms with E-state index in [9.17, 15) is 4.79 Å². The van der Waals surface area contributed by atoms with Crippen LogP contribution in [0.25, 0.3) is 0 Å². The molecule has 0 spiro atoms. The summed E-state index contributed by atoms with van der Waals surface area (Å²) in [7, 11) is 0. The van der Waals surface area contributed by atoms with Gasteiger partial charge in [-0.2, -0.15) is 0 Å². The van der Waals surface area contributed by atoms with Crippen molar-refractivity contribution in [3.05, 3.63) is 16.8 Å². The predicted molar refractivity (Wildman–Crippen MR) is 59.9 cm³/mol. The van der Waals surface area contributed by atoms with Crippen LogP contribution in [0.4, 0.5) is 5.82 Å². The van der Waals surface area contributed by atoms with Crippen molar-refractivity contribution in [2.45, 2.75) is 33.6 Å². The highest BCUT2D eigenvalue weighted by Crippen LogP contribution is 2.19. The molecule has 1 aromatic rings. The van der Waals surface area contributed by atoms with E-state index in [1.807, 2.05) is 13.8 Å². The topological polar surface area (TPSA) is 68.1 Å². The summed E-state index contributed by atoms with van der Waals surface area (Å²) in [4.78, 5) is 14.4. The molecule has 1 rings (SSSR count). The van der Waals surface area contributed by atoms with E-state index in [-0.39, 0.29) is 5.97 Å². The quantitative estimate of drug-likeness (QED) is 0.591. The molecule has 0 saturated heterocycles. The third kappa shape index (κ3) is 2.52. The molecular weight excluding hydrogens is 192 g/mol. The lowest BCUT2D eigenvalue weighted by atomic mass is 10.2. The minimum atomic E-state index is -0.319. The molecule has 0 unspecified atom stereocenters. The summed E-state index contributed by atoms with van der Waals surface area (Å²) < 4.78 is 5.09. The van der Waals surface area contributed by atoms with Crippen LogP contribution in [0.15, 0.2) is 0 Å². The molecule has 0 aliphatic heterocycles. The van der Waals surface area contributed by atoms with E-state index < -0.39 is 0 Å². The van der Waals surface area contributed by atoms with E-state index in [1.54, 1.807) is 0 Å². The molecule has 0 saturated carbocycles. The van der Waals surface area contributed by atoms with Crippen LogP contribution in [0.5, 0.6) is 0 Å². The van der Waals surface area contributed by atoms with Gasteiger partial charge in [-0.15, -0.1) is 0 Å². The Labute approximate surface area is 89.8 Å². The van der Waals surface area contributed by atoms with Gasteiger partial charge in [-0.1, -0.05) is 13.3 Å². The first-order valence-electron chi connectivity index (χ1n) is 5.19. The molecule has 4 heteroatoms. The molecule has 3 N–H and O–H groups in total. The number of aromatic amines is 1. The number of esters is 1. The van der Waals surface area contributed by atoms with Crippen LogP contribution >= 0.6 is 0 Å². The molecule has 0 atom stereocenters. The van der Waals surface area contributed by atoms with Crippen LogP contribution in [0.3, 0.4) is 0 Å². The van der Waals surface area contributed by atoms with E-state index in [4.69, 9.17) is 10.5 Å². The fourth-order valence-electron chi connectivity index (χ4n) is 1.30. The largest absolute Gasteiger partial charge is 0.461 e. The Balaban J connectivity index is 2.70. The molecule has 0 amide bonds. The van der Waals surface area contributed by atoms with Crippen molar-refractivity contribution in [3.8, 4) is 0 Å². The summed E-state index contributed by atoms with van der Waals surface area (Å²) in [5, 5.41) is 0. The third-order valence-corrected chi connectivity index (χ3v) is 2.54. The molecule has 84 valence electrons. The lowest BCUT2D eigenvalue weighted by molar-refractivity contribution is 0.0493. The highest BCUT2D eigenvalue weighted by molar-refractivity contribution is 5.90. The number of hydrogen-bond acceptors (Lipinski definition) is 3. The Bertz CT molecular complexity index is 356. The summed E-state index contributed by atoms with van der Waals surface area (Å²) in [6, 6.07) is 0. The van der Waals surface area contributed by atoms with E-state index in [2.05, 4.69) is 11.9 Å². The average Bonchev–Trinajstić information content (AvgIpc) is 2.46. The average molecular weight is 210 g/mol. The van der Waals surface area contributed by atoms with Gasteiger partial charge in [0.15, 0.2) is 0 Å². The normalized spacial score (nSPS) is 10.3. The SMILES string of the molecule is CCCCOC(=O)c1[nH]c(N)c(C)c1C. The number of unbranched alkanes of at least 4 members (excludes halogenated alkanes) is 1. The molecule has 1 heterocycles. The molecule has 0 aromatic carbocycles. The van der Waals surface area contributed by atoms with Gasteiger partial charge in [0.2, 0.25) is 0 Å². The number of nitrogens with two attached hydrogens (primary N) is 1. The number of anilines is 1. The summed E-state index contributed by atoms with van der Waals surface area (Å²) in [5.41, 5.74) is 7.93. The van der Waals surface area contributed by atoms with Gasteiger partial charge in [0.05, 0.1) is 6.61 Å². The smallest absolute Gasteiger partial charge is 0.355 e. The van der Waals surface area contributed by atoms with Crippen molar-refractivity contribution in [3.63, 3.8) is 0 Å². The molecule has 0 aliphatic rings. The summed E-state index contributed by atoms with van der Waals surface area (Å²) in [6.07, 6.45) is 1.90. The number of carbonyl (C=O) groups is 1. The number of hydrogen-bond donors (Lipinski definition) is 2. The summed E-state index contributed by atoms with van der Waals surface area (Å²) >= 11 is 0. The molecule has 1 aromatic heterocycles. The first kappa shape index (κ1) is 11.6. The van der Waals surface area contributed by atoms with Gasteiger partial charge < -0.3 is 15.5 Å². The van der Waals surface area contributed by atoms with Crippen molar-refractivity contribution in [1.29, 1.82) is 0 Å². The summed E-state index contributed by atoms with van der Waals surface area (Å²) in [6.45, 7) is 6.26. The number of aromatic nitrogens is 1. The molecule has 0 aliphatic carbocycles. The number of ether oxygens (including phenoxy) is 1. The Morgan fingerprint density at radius 1 is 1.40 bits per heavy atom. The Hall–Kier alpha value is -1.45. The molecule has 0 bridgehead atoms. The number of rotatable bonds is 4. The van der Waals surface area contributed by atoms with Crippen molar-refractivity contribution in [2.24, 2.45) is 0 Å². The van der Waals surface area contributed by atoms with Crippen LogP contribution < -0.4 is 5.73 Å². The van der Waals surface area contributed by atoms with Gasteiger partial charge in [-0.25, -0.2) is 4.79 Å². The zero-order valence-corrected chi connectivity index (χ0v) is 9.52. The Morgan fingerprint density at radius 3 is 2.53 bits per heavy atom. The minimum Gasteiger partial charge on any atom is -0.461 e. The molecule has 4 nitrogen and oxygen atoms in total. The van der Waals surface area contributed by atoms with Crippen molar-refractivity contribution in [2.75, 3.05) is 12.3 Å². The van der Waals surface area contributed by atoms with E-state index >= 15 is 0 Å². The van der Waals surface area contributed by atoms with Crippen LogP contribution in [-0.2, 0) is 4.74 Å². The zero-order chi connectivity index (χ0) is 11.4. The van der Waals surface area contributed by atoms with E-state index in [1.165, 1.54) is 0 Å². The van der Waals surface area contributed by atoms with Crippen molar-refractivity contribution in [1.82, 2.24) is 4.98 Å². The number of carbonyl (C=O) groups excluding carboxylic acids is 1. The van der Waals surface area contributed by atoms with Gasteiger partial charge in [-0.05, 0) is 31.4 Å². The third-order valence-electron chi connectivity index (χ3n) is 2.54. The van der Waals surface area contributed by atoms with Crippen molar-refractivity contribution >= 4 is 11.8 Å². The van der Waals surface area contributed by atoms with E-state index in [0.29, 0.717) is 18.1 Å². The van der Waals surface area contributed by atoms with Crippen LogP contribution in [0.2, 0.25) is 0 Å². The Kier molecular flexibility index (Phi) is 3.77. The highest BCUT2D eigenvalue weighted by atomic mass is 16.5. The molecule has 0 fully saturated rings. The standard InChI is InChI=1S/C11H18N2O2/c1-4-5-6-15-11(14)9-7(2)8(3)10(12)13-9/h13H,4-6,12H2,1-3H3. The number of H-pyrrole nitrogens is 1. The first-order chi connectivity index (χ1) is 7.07. The predicted octanol–water partition coefficient (Wildman–Crippen LogP) is 2.17. The lowest BCUT2D eigenvalue weighted by Crippen LogP contribution is -2.08. The lowest BCUT2D eigenvalue weighted by Gasteiger charge is -2.02. The summed E-state index contributed by atoms with van der Waals surface area (Å²) in [5.74, 6) is 0.218. The second-order valence-electron chi connectivity index (χ2n) is 3.65.